The molecule has 1 aromatic carbocycles. The third kappa shape index (κ3) is 3.96. The third-order valence-corrected chi connectivity index (χ3v) is 4.34. The molecule has 23 heavy (non-hydrogen) atoms. The molecule has 0 aliphatic carbocycles. The van der Waals surface area contributed by atoms with Crippen LogP contribution in [0.15, 0.2) is 48.5 Å². The van der Waals surface area contributed by atoms with E-state index in [-0.39, 0.29) is 5.97 Å². The number of hydrogen-bond acceptors (Lipinski definition) is 4. The van der Waals surface area contributed by atoms with Gasteiger partial charge in [-0.3, -0.25) is 4.90 Å². The van der Waals surface area contributed by atoms with Crippen LogP contribution in [-0.4, -0.2) is 36.1 Å². The molecule has 0 radical (unpaired) electrons. The number of benzene rings is 1. The zero-order chi connectivity index (χ0) is 16.1. The Balaban J connectivity index is 1.70. The van der Waals surface area contributed by atoms with Crippen molar-refractivity contribution in [3.05, 3.63) is 65.5 Å². The maximum atomic E-state index is 11.7. The van der Waals surface area contributed by atoms with Gasteiger partial charge >= 0.3 is 5.97 Å². The van der Waals surface area contributed by atoms with Gasteiger partial charge in [0.25, 0.3) is 0 Å². The number of methoxy groups -OCH3 is 1. The lowest BCUT2D eigenvalue weighted by Gasteiger charge is -2.32. The molecule has 4 nitrogen and oxygen atoms in total. The molecule has 2 heterocycles. The summed E-state index contributed by atoms with van der Waals surface area (Å²) in [6.07, 6.45) is 2.27. The Morgan fingerprint density at radius 1 is 1.22 bits per heavy atom. The van der Waals surface area contributed by atoms with Crippen molar-refractivity contribution >= 4 is 5.97 Å². The second-order valence-corrected chi connectivity index (χ2v) is 6.00. The Hall–Kier alpha value is -2.20. The first-order valence-corrected chi connectivity index (χ1v) is 8.08. The number of rotatable bonds is 4. The topological polar surface area (TPSA) is 42.4 Å². The number of esters is 1. The SMILES string of the molecule is COC(=O)c1cccc(C2CCCN(Cc3ccccc3)C2)n1. The van der Waals surface area contributed by atoms with E-state index in [1.807, 2.05) is 18.2 Å². The second kappa shape index (κ2) is 7.38. The zero-order valence-electron chi connectivity index (χ0n) is 13.4. The average Bonchev–Trinajstić information content (AvgIpc) is 2.62. The van der Waals surface area contributed by atoms with Gasteiger partial charge in [-0.15, -0.1) is 0 Å². The molecule has 3 rings (SSSR count). The van der Waals surface area contributed by atoms with Crippen LogP contribution in [-0.2, 0) is 11.3 Å². The van der Waals surface area contributed by atoms with Crippen molar-refractivity contribution in [3.8, 4) is 0 Å². The first-order chi connectivity index (χ1) is 11.3. The molecule has 0 saturated carbocycles. The van der Waals surface area contributed by atoms with Crippen molar-refractivity contribution in [2.45, 2.75) is 25.3 Å². The molecule has 1 saturated heterocycles. The second-order valence-electron chi connectivity index (χ2n) is 6.00. The molecular formula is C19H22N2O2. The molecule has 0 amide bonds. The van der Waals surface area contributed by atoms with Gasteiger partial charge in [0.2, 0.25) is 0 Å². The molecule has 2 aromatic rings. The van der Waals surface area contributed by atoms with Gasteiger partial charge in [-0.1, -0.05) is 36.4 Å². The van der Waals surface area contributed by atoms with Crippen molar-refractivity contribution < 1.29 is 9.53 Å². The van der Waals surface area contributed by atoms with E-state index >= 15 is 0 Å². The van der Waals surface area contributed by atoms with Gasteiger partial charge in [0.15, 0.2) is 0 Å². The van der Waals surface area contributed by atoms with E-state index in [4.69, 9.17) is 4.74 Å². The van der Waals surface area contributed by atoms with E-state index in [0.717, 1.165) is 38.2 Å². The molecule has 120 valence electrons. The molecule has 1 atom stereocenters. The van der Waals surface area contributed by atoms with Crippen molar-refractivity contribution in [3.63, 3.8) is 0 Å². The number of likely N-dealkylation sites (tertiary alicyclic amines) is 1. The van der Waals surface area contributed by atoms with E-state index in [9.17, 15) is 4.79 Å². The van der Waals surface area contributed by atoms with Crippen LogP contribution < -0.4 is 0 Å². The lowest BCUT2D eigenvalue weighted by Crippen LogP contribution is -2.34. The van der Waals surface area contributed by atoms with Gasteiger partial charge in [0, 0.05) is 24.7 Å². The predicted octanol–water partition coefficient (Wildman–Crippen LogP) is 3.25. The summed E-state index contributed by atoms with van der Waals surface area (Å²) < 4.78 is 4.77. The van der Waals surface area contributed by atoms with Crippen LogP contribution >= 0.6 is 0 Å². The first-order valence-electron chi connectivity index (χ1n) is 8.08. The number of carbonyl (C=O) groups excluding carboxylic acids is 1. The van der Waals surface area contributed by atoms with Gasteiger partial charge in [0.1, 0.15) is 5.69 Å². The molecule has 0 spiro atoms. The first kappa shape index (κ1) is 15.7. The molecule has 1 aliphatic rings. The van der Waals surface area contributed by atoms with Crippen LogP contribution in [0.4, 0.5) is 0 Å². The number of piperidine rings is 1. The molecule has 1 aliphatic heterocycles. The van der Waals surface area contributed by atoms with E-state index in [1.54, 1.807) is 6.07 Å². The van der Waals surface area contributed by atoms with Gasteiger partial charge in [-0.25, -0.2) is 9.78 Å². The van der Waals surface area contributed by atoms with Crippen LogP contribution in [0.5, 0.6) is 0 Å². The molecule has 4 heteroatoms. The Bertz CT molecular complexity index is 657. The Morgan fingerprint density at radius 3 is 2.83 bits per heavy atom. The van der Waals surface area contributed by atoms with Gasteiger partial charge in [-0.05, 0) is 37.1 Å². The predicted molar refractivity (Wildman–Crippen MR) is 89.3 cm³/mol. The van der Waals surface area contributed by atoms with Crippen molar-refractivity contribution in [1.82, 2.24) is 9.88 Å². The summed E-state index contributed by atoms with van der Waals surface area (Å²) >= 11 is 0. The number of nitrogens with zero attached hydrogens (tertiary/aromatic N) is 2. The van der Waals surface area contributed by atoms with Crippen molar-refractivity contribution in [2.75, 3.05) is 20.2 Å². The Kier molecular flexibility index (Phi) is 5.03. The maximum absolute atomic E-state index is 11.7. The number of aromatic nitrogens is 1. The normalized spacial score (nSPS) is 18.6. The molecule has 1 unspecified atom stereocenters. The van der Waals surface area contributed by atoms with E-state index in [1.165, 1.54) is 12.7 Å². The van der Waals surface area contributed by atoms with Gasteiger partial charge < -0.3 is 4.74 Å². The van der Waals surface area contributed by atoms with Crippen molar-refractivity contribution in [1.29, 1.82) is 0 Å². The number of pyridine rings is 1. The minimum Gasteiger partial charge on any atom is -0.464 e. The van der Waals surface area contributed by atoms with Gasteiger partial charge in [0.05, 0.1) is 7.11 Å². The van der Waals surface area contributed by atoms with Gasteiger partial charge in [-0.2, -0.15) is 0 Å². The highest BCUT2D eigenvalue weighted by atomic mass is 16.5. The molecule has 0 N–H and O–H groups in total. The number of ether oxygens (including phenoxy) is 1. The highest BCUT2D eigenvalue weighted by Gasteiger charge is 2.23. The summed E-state index contributed by atoms with van der Waals surface area (Å²) in [6.45, 7) is 3.06. The standard InChI is InChI=1S/C19H22N2O2/c1-23-19(22)18-11-5-10-17(20-18)16-9-6-12-21(14-16)13-15-7-3-2-4-8-15/h2-5,7-8,10-11,16H,6,9,12-14H2,1H3. The summed E-state index contributed by atoms with van der Waals surface area (Å²) in [5, 5.41) is 0. The summed E-state index contributed by atoms with van der Waals surface area (Å²) in [5.74, 6) is 0.000805. The van der Waals surface area contributed by atoms with Crippen LogP contribution in [0.3, 0.4) is 0 Å². The van der Waals surface area contributed by atoms with E-state index in [0.29, 0.717) is 11.6 Å². The Morgan fingerprint density at radius 2 is 2.04 bits per heavy atom. The minimum absolute atomic E-state index is 0.371. The largest absolute Gasteiger partial charge is 0.464 e. The third-order valence-electron chi connectivity index (χ3n) is 4.34. The minimum atomic E-state index is -0.371. The summed E-state index contributed by atoms with van der Waals surface area (Å²) in [7, 11) is 1.39. The van der Waals surface area contributed by atoms with Crippen LogP contribution in [0.1, 0.15) is 40.5 Å². The fraction of sp³-hybridized carbons (Fsp3) is 0.368. The summed E-state index contributed by atoms with van der Waals surface area (Å²) in [4.78, 5) is 18.6. The maximum Gasteiger partial charge on any atom is 0.356 e. The monoisotopic (exact) mass is 310 g/mol. The number of carbonyl (C=O) groups is 1. The summed E-state index contributed by atoms with van der Waals surface area (Å²) in [5.41, 5.74) is 2.72. The smallest absolute Gasteiger partial charge is 0.356 e. The van der Waals surface area contributed by atoms with E-state index < -0.39 is 0 Å². The number of hydrogen-bond donors (Lipinski definition) is 0. The molecule has 0 bridgehead atoms. The molecular weight excluding hydrogens is 288 g/mol. The zero-order valence-corrected chi connectivity index (χ0v) is 13.4. The van der Waals surface area contributed by atoms with Crippen LogP contribution in [0.2, 0.25) is 0 Å². The van der Waals surface area contributed by atoms with E-state index in [2.05, 4.69) is 34.1 Å². The Labute approximate surface area is 137 Å². The average molecular weight is 310 g/mol. The quantitative estimate of drug-likeness (QED) is 0.813. The lowest BCUT2D eigenvalue weighted by atomic mass is 9.93. The van der Waals surface area contributed by atoms with Crippen LogP contribution in [0, 0.1) is 0 Å². The fourth-order valence-electron chi connectivity index (χ4n) is 3.18. The molecule has 1 aromatic heterocycles. The lowest BCUT2D eigenvalue weighted by molar-refractivity contribution is 0.0593. The van der Waals surface area contributed by atoms with Crippen LogP contribution in [0.25, 0.3) is 0 Å². The molecule has 1 fully saturated rings. The fourth-order valence-corrected chi connectivity index (χ4v) is 3.18. The van der Waals surface area contributed by atoms with Crippen molar-refractivity contribution in [2.24, 2.45) is 0 Å². The highest BCUT2D eigenvalue weighted by Crippen LogP contribution is 2.26. The summed E-state index contributed by atoms with van der Waals surface area (Å²) in [6, 6.07) is 16.2. The highest BCUT2D eigenvalue weighted by molar-refractivity contribution is 5.87.